The lowest BCUT2D eigenvalue weighted by molar-refractivity contribution is -0.139. The molecule has 0 aromatic heterocycles. The van der Waals surface area contributed by atoms with E-state index >= 15 is 0 Å². The van der Waals surface area contributed by atoms with Gasteiger partial charge < -0.3 is 9.80 Å². The van der Waals surface area contributed by atoms with Crippen molar-refractivity contribution >= 4 is 11.8 Å². The van der Waals surface area contributed by atoms with Crippen LogP contribution in [0.1, 0.15) is 24.0 Å². The molecule has 2 aromatic rings. The van der Waals surface area contributed by atoms with Gasteiger partial charge in [0, 0.05) is 39.1 Å². The van der Waals surface area contributed by atoms with Crippen LogP contribution < -0.4 is 0 Å². The van der Waals surface area contributed by atoms with Gasteiger partial charge in [-0.25, -0.2) is 0 Å². The summed E-state index contributed by atoms with van der Waals surface area (Å²) in [4.78, 5) is 32.9. The van der Waals surface area contributed by atoms with E-state index < -0.39 is 5.41 Å². The van der Waals surface area contributed by atoms with E-state index in [-0.39, 0.29) is 18.2 Å². The molecule has 2 amide bonds. The number of rotatable bonds is 6. The minimum absolute atomic E-state index is 0.0684. The molecule has 4 rings (SSSR count). The van der Waals surface area contributed by atoms with Crippen molar-refractivity contribution < 1.29 is 9.59 Å². The van der Waals surface area contributed by atoms with Crippen LogP contribution in [0.4, 0.5) is 0 Å². The van der Waals surface area contributed by atoms with E-state index in [4.69, 9.17) is 0 Å². The molecule has 0 saturated carbocycles. The Morgan fingerprint density at radius 2 is 1.34 bits per heavy atom. The molecule has 0 unspecified atom stereocenters. The van der Waals surface area contributed by atoms with Gasteiger partial charge in [-0.05, 0) is 31.1 Å². The van der Waals surface area contributed by atoms with Crippen LogP contribution in [0, 0.1) is 0 Å². The Morgan fingerprint density at radius 3 is 1.90 bits per heavy atom. The van der Waals surface area contributed by atoms with Crippen molar-refractivity contribution in [2.24, 2.45) is 0 Å². The Hall–Kier alpha value is -2.50. The second-order valence-corrected chi connectivity index (χ2v) is 8.16. The molecule has 2 aliphatic rings. The third-order valence-electron chi connectivity index (χ3n) is 6.31. The number of hydrogen-bond donors (Lipinski definition) is 0. The fraction of sp³-hybridized carbons (Fsp3) is 0.417. The fourth-order valence-electron chi connectivity index (χ4n) is 4.55. The van der Waals surface area contributed by atoms with Crippen LogP contribution in [-0.2, 0) is 15.0 Å². The van der Waals surface area contributed by atoms with E-state index in [1.54, 1.807) is 0 Å². The molecule has 0 radical (unpaired) electrons. The third-order valence-corrected chi connectivity index (χ3v) is 6.31. The molecular weight excluding hydrogens is 362 g/mol. The van der Waals surface area contributed by atoms with Crippen molar-refractivity contribution in [1.29, 1.82) is 0 Å². The molecule has 2 fully saturated rings. The first-order valence-electron chi connectivity index (χ1n) is 10.5. The number of carbonyl (C=O) groups excluding carboxylic acids is 2. The van der Waals surface area contributed by atoms with Crippen LogP contribution >= 0.6 is 0 Å². The SMILES string of the molecule is CN1CCN(CCCN2C(=O)CC(c3ccccc3)(c3ccccc3)C2=O)CC1. The van der Waals surface area contributed by atoms with Gasteiger partial charge in [0.05, 0.1) is 0 Å². The van der Waals surface area contributed by atoms with Crippen molar-refractivity contribution in [1.82, 2.24) is 14.7 Å². The summed E-state index contributed by atoms with van der Waals surface area (Å²) in [6.45, 7) is 5.67. The summed E-state index contributed by atoms with van der Waals surface area (Å²) in [5, 5.41) is 0. The first-order chi connectivity index (χ1) is 14.1. The lowest BCUT2D eigenvalue weighted by Crippen LogP contribution is -2.45. The molecule has 2 aromatic carbocycles. The predicted octanol–water partition coefficient (Wildman–Crippen LogP) is 2.37. The third kappa shape index (κ3) is 3.85. The van der Waals surface area contributed by atoms with Crippen LogP contribution in [0.2, 0.25) is 0 Å². The molecule has 0 spiro atoms. The van der Waals surface area contributed by atoms with Gasteiger partial charge >= 0.3 is 0 Å². The lowest BCUT2D eigenvalue weighted by Gasteiger charge is -2.32. The number of piperazine rings is 1. The molecule has 152 valence electrons. The quantitative estimate of drug-likeness (QED) is 0.709. The molecule has 2 saturated heterocycles. The van der Waals surface area contributed by atoms with Gasteiger partial charge in [0.25, 0.3) is 0 Å². The molecule has 2 aliphatic heterocycles. The Bertz CT molecular complexity index is 805. The highest BCUT2D eigenvalue weighted by atomic mass is 16.2. The summed E-state index contributed by atoms with van der Waals surface area (Å²) in [5.74, 6) is -0.153. The van der Waals surface area contributed by atoms with Gasteiger partial charge in [-0.15, -0.1) is 0 Å². The van der Waals surface area contributed by atoms with E-state index in [2.05, 4.69) is 16.8 Å². The topological polar surface area (TPSA) is 43.9 Å². The smallest absolute Gasteiger partial charge is 0.244 e. The molecule has 0 aliphatic carbocycles. The Kier molecular flexibility index (Phi) is 5.79. The summed E-state index contributed by atoms with van der Waals surface area (Å²) in [6, 6.07) is 19.5. The van der Waals surface area contributed by atoms with E-state index in [1.807, 2.05) is 60.7 Å². The summed E-state index contributed by atoms with van der Waals surface area (Å²) in [7, 11) is 2.14. The average Bonchev–Trinajstić information content (AvgIpc) is 3.02. The molecule has 2 heterocycles. The van der Waals surface area contributed by atoms with Gasteiger partial charge in [-0.1, -0.05) is 60.7 Å². The molecule has 0 atom stereocenters. The summed E-state index contributed by atoms with van der Waals surface area (Å²) < 4.78 is 0. The van der Waals surface area contributed by atoms with E-state index in [0.29, 0.717) is 6.54 Å². The predicted molar refractivity (Wildman–Crippen MR) is 114 cm³/mol. The minimum atomic E-state index is -0.909. The maximum absolute atomic E-state index is 13.6. The van der Waals surface area contributed by atoms with Crippen LogP contribution in [0.3, 0.4) is 0 Å². The highest BCUT2D eigenvalue weighted by Gasteiger charge is 2.53. The number of nitrogens with zero attached hydrogens (tertiary/aromatic N) is 3. The molecule has 0 bridgehead atoms. The zero-order valence-corrected chi connectivity index (χ0v) is 17.1. The molecular formula is C24H29N3O2. The zero-order chi connectivity index (χ0) is 20.3. The van der Waals surface area contributed by atoms with E-state index in [9.17, 15) is 9.59 Å². The Balaban J connectivity index is 1.53. The second-order valence-electron chi connectivity index (χ2n) is 8.16. The normalized spacial score (nSPS) is 20.4. The monoisotopic (exact) mass is 391 g/mol. The molecule has 5 heteroatoms. The number of amides is 2. The maximum Gasteiger partial charge on any atom is 0.244 e. The molecule has 29 heavy (non-hydrogen) atoms. The van der Waals surface area contributed by atoms with Crippen molar-refractivity contribution in [3.05, 3.63) is 71.8 Å². The van der Waals surface area contributed by atoms with Crippen molar-refractivity contribution in [3.63, 3.8) is 0 Å². The molecule has 5 nitrogen and oxygen atoms in total. The molecule has 0 N–H and O–H groups in total. The second kappa shape index (κ2) is 8.47. The summed E-state index contributed by atoms with van der Waals surface area (Å²) in [5.41, 5.74) is 0.880. The van der Waals surface area contributed by atoms with Gasteiger partial charge in [0.2, 0.25) is 11.8 Å². The van der Waals surface area contributed by atoms with Gasteiger partial charge in [-0.2, -0.15) is 0 Å². The highest BCUT2D eigenvalue weighted by Crippen LogP contribution is 2.42. The van der Waals surface area contributed by atoms with Crippen molar-refractivity contribution in [2.75, 3.05) is 46.3 Å². The van der Waals surface area contributed by atoms with Gasteiger partial charge in [-0.3, -0.25) is 14.5 Å². The van der Waals surface area contributed by atoms with Crippen molar-refractivity contribution in [3.8, 4) is 0 Å². The average molecular weight is 392 g/mol. The standard InChI is InChI=1S/C24H29N3O2/c1-25-15-17-26(18-16-25)13-8-14-27-22(28)19-24(23(27)29,20-9-4-2-5-10-20)21-11-6-3-7-12-21/h2-7,9-12H,8,13-19H2,1H3. The number of imide groups is 1. The summed E-state index contributed by atoms with van der Waals surface area (Å²) >= 11 is 0. The van der Waals surface area contributed by atoms with Crippen LogP contribution in [-0.4, -0.2) is 72.8 Å². The first-order valence-corrected chi connectivity index (χ1v) is 10.5. The zero-order valence-electron chi connectivity index (χ0n) is 17.1. The van der Waals surface area contributed by atoms with E-state index in [1.165, 1.54) is 4.90 Å². The van der Waals surface area contributed by atoms with Crippen LogP contribution in [0.5, 0.6) is 0 Å². The van der Waals surface area contributed by atoms with Crippen LogP contribution in [0.15, 0.2) is 60.7 Å². The number of hydrogen-bond acceptors (Lipinski definition) is 4. The van der Waals surface area contributed by atoms with E-state index in [0.717, 1.165) is 50.3 Å². The largest absolute Gasteiger partial charge is 0.304 e. The van der Waals surface area contributed by atoms with Crippen LogP contribution in [0.25, 0.3) is 0 Å². The Labute approximate surface area is 172 Å². The number of likely N-dealkylation sites (N-methyl/N-ethyl adjacent to an activating group) is 1. The van der Waals surface area contributed by atoms with Gasteiger partial charge in [0.15, 0.2) is 0 Å². The summed E-state index contributed by atoms with van der Waals surface area (Å²) in [6.07, 6.45) is 1.02. The first kappa shape index (κ1) is 19.8. The fourth-order valence-corrected chi connectivity index (χ4v) is 4.55. The van der Waals surface area contributed by atoms with Gasteiger partial charge in [0.1, 0.15) is 5.41 Å². The number of benzene rings is 2. The minimum Gasteiger partial charge on any atom is -0.304 e. The highest BCUT2D eigenvalue weighted by molar-refractivity contribution is 6.11. The maximum atomic E-state index is 13.6. The van der Waals surface area contributed by atoms with Crippen molar-refractivity contribution in [2.45, 2.75) is 18.3 Å². The Morgan fingerprint density at radius 1 is 0.793 bits per heavy atom. The lowest BCUT2D eigenvalue weighted by atomic mass is 9.73. The number of likely N-dealkylation sites (tertiary alicyclic amines) is 1. The number of carbonyl (C=O) groups is 2.